The van der Waals surface area contributed by atoms with Gasteiger partial charge in [0.05, 0.1) is 0 Å². The van der Waals surface area contributed by atoms with Crippen molar-refractivity contribution < 1.29 is 0 Å². The lowest BCUT2D eigenvalue weighted by atomic mass is 10.0. The van der Waals surface area contributed by atoms with Crippen molar-refractivity contribution in [1.82, 2.24) is 0 Å². The van der Waals surface area contributed by atoms with Gasteiger partial charge in [0.2, 0.25) is 0 Å². The van der Waals surface area contributed by atoms with Crippen LogP contribution in [0.4, 0.5) is 0 Å². The predicted octanol–water partition coefficient (Wildman–Crippen LogP) is 5.49. The molecule has 0 amide bonds. The molecule has 0 radical (unpaired) electrons. The van der Waals surface area contributed by atoms with Crippen LogP contribution in [0.1, 0.15) is 18.9 Å². The van der Waals surface area contributed by atoms with Gasteiger partial charge in [0, 0.05) is 0 Å². The third-order valence-corrected chi connectivity index (χ3v) is 5.02. The van der Waals surface area contributed by atoms with Crippen molar-refractivity contribution in [2.75, 3.05) is 6.16 Å². The van der Waals surface area contributed by atoms with E-state index in [0.29, 0.717) is 0 Å². The molecule has 0 aromatic heterocycles. The third-order valence-electron chi connectivity index (χ3n) is 3.71. The lowest BCUT2D eigenvalue weighted by Crippen LogP contribution is -2.02. The largest absolute Gasteiger partial charge is 0.0959 e. The molecular formula is C20H23P. The second-order valence-corrected chi connectivity index (χ2v) is 6.81. The van der Waals surface area contributed by atoms with Crippen LogP contribution in [0.5, 0.6) is 0 Å². The van der Waals surface area contributed by atoms with Crippen LogP contribution < -0.4 is 5.30 Å². The number of hydrogen-bond donors (Lipinski definition) is 0. The van der Waals surface area contributed by atoms with Gasteiger partial charge in [0.25, 0.3) is 0 Å². The summed E-state index contributed by atoms with van der Waals surface area (Å²) in [5.74, 6) is 0. The summed E-state index contributed by atoms with van der Waals surface area (Å²) in [5.41, 5.74) is 6.33. The second-order valence-electron chi connectivity index (χ2n) is 5.42. The van der Waals surface area contributed by atoms with Gasteiger partial charge < -0.3 is 0 Å². The molecule has 1 heteroatoms. The van der Waals surface area contributed by atoms with Crippen LogP contribution in [-0.2, 0) is 0 Å². The molecule has 21 heavy (non-hydrogen) atoms. The van der Waals surface area contributed by atoms with Crippen LogP contribution in [0.3, 0.4) is 0 Å². The van der Waals surface area contributed by atoms with Gasteiger partial charge in [-0.3, -0.25) is 0 Å². The number of allylic oxidation sites excluding steroid dienone is 2. The van der Waals surface area contributed by atoms with Crippen molar-refractivity contribution in [2.24, 2.45) is 0 Å². The molecular weight excluding hydrogens is 271 g/mol. The van der Waals surface area contributed by atoms with Crippen molar-refractivity contribution >= 4 is 13.9 Å². The zero-order valence-electron chi connectivity index (χ0n) is 12.9. The minimum absolute atomic E-state index is 0.809. The Morgan fingerprint density at radius 3 is 2.24 bits per heavy atom. The van der Waals surface area contributed by atoms with Crippen molar-refractivity contribution in [3.63, 3.8) is 0 Å². The molecule has 0 saturated heterocycles. The molecule has 0 saturated carbocycles. The molecule has 0 N–H and O–H groups in total. The topological polar surface area (TPSA) is 0 Å². The Hall–Kier alpha value is -1.65. The molecule has 2 aromatic rings. The Bertz CT molecular complexity index is 652. The fraction of sp³-hybridized carbons (Fsp3) is 0.200. The van der Waals surface area contributed by atoms with E-state index in [1.807, 2.05) is 6.92 Å². The van der Waals surface area contributed by atoms with Gasteiger partial charge >= 0.3 is 0 Å². The first-order chi connectivity index (χ1) is 10.1. The van der Waals surface area contributed by atoms with Gasteiger partial charge in [-0.25, -0.2) is 0 Å². The highest BCUT2D eigenvalue weighted by Gasteiger charge is 2.07. The number of hydrogen-bond acceptors (Lipinski definition) is 0. The lowest BCUT2D eigenvalue weighted by Gasteiger charge is -2.12. The van der Waals surface area contributed by atoms with E-state index in [0.717, 1.165) is 26.7 Å². The van der Waals surface area contributed by atoms with Crippen LogP contribution in [-0.4, -0.2) is 6.16 Å². The summed E-state index contributed by atoms with van der Waals surface area (Å²) in [5, 5.41) is 1.45. The zero-order chi connectivity index (χ0) is 15.2. The summed E-state index contributed by atoms with van der Waals surface area (Å²) in [6, 6.07) is 17.4. The molecule has 0 heterocycles. The molecule has 2 rings (SSSR count). The van der Waals surface area contributed by atoms with E-state index in [2.05, 4.69) is 68.6 Å². The summed E-state index contributed by atoms with van der Waals surface area (Å²) >= 11 is 0. The molecule has 0 aliphatic rings. The Balaban J connectivity index is 2.17. The van der Waals surface area contributed by atoms with E-state index in [-0.39, 0.29) is 0 Å². The first-order valence-corrected chi connectivity index (χ1v) is 8.53. The summed E-state index contributed by atoms with van der Waals surface area (Å²) in [4.78, 5) is 0. The van der Waals surface area contributed by atoms with E-state index in [9.17, 15) is 0 Å². The smallest absolute Gasteiger partial charge is 0.0107 e. The standard InChI is InChI=1S/C20H23P/c1-15(2)16(3)13-14-21-20-12-8-7-11-19(20)18-10-6-5-9-17(18)4/h5-12,21H,1,3,13-14H2,2,4H3. The van der Waals surface area contributed by atoms with E-state index in [4.69, 9.17) is 0 Å². The number of rotatable bonds is 6. The SMILES string of the molecule is C=C(C)C(=C)CCPc1ccccc1-c1ccccc1C. The second kappa shape index (κ2) is 7.38. The molecule has 0 fully saturated rings. The lowest BCUT2D eigenvalue weighted by molar-refractivity contribution is 1.13. The first kappa shape index (κ1) is 15.7. The zero-order valence-corrected chi connectivity index (χ0v) is 13.9. The van der Waals surface area contributed by atoms with E-state index in [1.54, 1.807) is 0 Å². The van der Waals surface area contributed by atoms with Crippen molar-refractivity contribution in [3.8, 4) is 11.1 Å². The Kier molecular flexibility index (Phi) is 5.53. The summed E-state index contributed by atoms with van der Waals surface area (Å²) < 4.78 is 0. The van der Waals surface area contributed by atoms with Crippen LogP contribution in [0.15, 0.2) is 72.8 Å². The summed E-state index contributed by atoms with van der Waals surface area (Å²) in [6.07, 6.45) is 2.18. The summed E-state index contributed by atoms with van der Waals surface area (Å²) in [6.45, 7) is 12.3. The first-order valence-electron chi connectivity index (χ1n) is 7.32. The molecule has 0 spiro atoms. The van der Waals surface area contributed by atoms with Crippen LogP contribution in [0.2, 0.25) is 0 Å². The highest BCUT2D eigenvalue weighted by Crippen LogP contribution is 2.27. The van der Waals surface area contributed by atoms with Crippen LogP contribution >= 0.6 is 8.58 Å². The predicted molar refractivity (Wildman–Crippen MR) is 98.0 cm³/mol. The Labute approximate surface area is 130 Å². The highest BCUT2D eigenvalue weighted by atomic mass is 31.1. The maximum atomic E-state index is 4.08. The average molecular weight is 294 g/mol. The highest BCUT2D eigenvalue weighted by molar-refractivity contribution is 7.47. The fourth-order valence-corrected chi connectivity index (χ4v) is 3.63. The molecule has 0 bridgehead atoms. The molecule has 2 aromatic carbocycles. The van der Waals surface area contributed by atoms with Gasteiger partial charge in [0.1, 0.15) is 0 Å². The van der Waals surface area contributed by atoms with E-state index >= 15 is 0 Å². The minimum atomic E-state index is 0.809. The van der Waals surface area contributed by atoms with Gasteiger partial charge in [-0.15, -0.1) is 0 Å². The van der Waals surface area contributed by atoms with E-state index in [1.165, 1.54) is 27.6 Å². The molecule has 0 nitrogen and oxygen atoms in total. The van der Waals surface area contributed by atoms with Crippen molar-refractivity contribution in [1.29, 1.82) is 0 Å². The third kappa shape index (κ3) is 4.16. The fourth-order valence-electron chi connectivity index (χ4n) is 2.31. The van der Waals surface area contributed by atoms with Gasteiger partial charge in [-0.1, -0.05) is 81.4 Å². The van der Waals surface area contributed by atoms with Crippen LogP contribution in [0, 0.1) is 6.92 Å². The summed E-state index contributed by atoms with van der Waals surface area (Å²) in [7, 11) is 0.809. The monoisotopic (exact) mass is 294 g/mol. The van der Waals surface area contributed by atoms with Crippen LogP contribution in [0.25, 0.3) is 11.1 Å². The molecule has 1 unspecified atom stereocenters. The van der Waals surface area contributed by atoms with Gasteiger partial charge in [0.15, 0.2) is 0 Å². The maximum absolute atomic E-state index is 4.08. The van der Waals surface area contributed by atoms with Gasteiger partial charge in [-0.2, -0.15) is 0 Å². The average Bonchev–Trinajstić information content (AvgIpc) is 2.48. The maximum Gasteiger partial charge on any atom is -0.0107 e. The number of aryl methyl sites for hydroxylation is 1. The molecule has 0 aliphatic heterocycles. The molecule has 0 aliphatic carbocycles. The Morgan fingerprint density at radius 2 is 1.57 bits per heavy atom. The molecule has 1 atom stereocenters. The minimum Gasteiger partial charge on any atom is -0.0959 e. The number of benzene rings is 2. The van der Waals surface area contributed by atoms with E-state index < -0.39 is 0 Å². The Morgan fingerprint density at radius 1 is 0.952 bits per heavy atom. The van der Waals surface area contributed by atoms with Crippen molar-refractivity contribution in [3.05, 3.63) is 78.4 Å². The van der Waals surface area contributed by atoms with Gasteiger partial charge in [-0.05, 0) is 48.4 Å². The quantitative estimate of drug-likeness (QED) is 0.488. The molecule has 108 valence electrons. The normalized spacial score (nSPS) is 11.0. The van der Waals surface area contributed by atoms with Crippen molar-refractivity contribution in [2.45, 2.75) is 20.3 Å².